The van der Waals surface area contributed by atoms with Gasteiger partial charge in [-0.05, 0) is 49.2 Å². The molecule has 0 saturated heterocycles. The first-order valence-corrected chi connectivity index (χ1v) is 9.64. The van der Waals surface area contributed by atoms with Gasteiger partial charge in [0.05, 0.1) is 11.3 Å². The van der Waals surface area contributed by atoms with Crippen LogP contribution in [-0.2, 0) is 0 Å². The van der Waals surface area contributed by atoms with Crippen LogP contribution in [0.5, 0.6) is 11.5 Å². The molecule has 2 aromatic carbocycles. The van der Waals surface area contributed by atoms with E-state index in [1.165, 1.54) is 25.7 Å². The highest BCUT2D eigenvalue weighted by atomic mass is 16.5. The number of ether oxygens (including phenoxy) is 1. The van der Waals surface area contributed by atoms with Crippen molar-refractivity contribution in [3.63, 3.8) is 0 Å². The fourth-order valence-electron chi connectivity index (χ4n) is 3.36. The minimum absolute atomic E-state index is 0.218. The molecule has 3 aromatic rings. The number of carbonyl (C=O) groups is 1. The number of aromatic nitrogens is 1. The van der Waals surface area contributed by atoms with Gasteiger partial charge in [-0.1, -0.05) is 43.2 Å². The van der Waals surface area contributed by atoms with E-state index in [1.54, 1.807) is 12.3 Å². The molecule has 1 aromatic heterocycles. The summed E-state index contributed by atoms with van der Waals surface area (Å²) in [5, 5.41) is 6.35. The SMILES string of the molecule is O=C(Nc1ccccc1Oc1ccccc1)c1ccc(NC2CCCC2)nc1. The van der Waals surface area contributed by atoms with Crippen LogP contribution in [0.4, 0.5) is 11.5 Å². The molecule has 1 amide bonds. The van der Waals surface area contributed by atoms with Gasteiger partial charge in [-0.3, -0.25) is 4.79 Å². The number of benzene rings is 2. The Labute approximate surface area is 164 Å². The zero-order valence-corrected chi connectivity index (χ0v) is 15.6. The van der Waals surface area contributed by atoms with Crippen LogP contribution in [0.25, 0.3) is 0 Å². The van der Waals surface area contributed by atoms with Gasteiger partial charge >= 0.3 is 0 Å². The highest BCUT2D eigenvalue weighted by molar-refractivity contribution is 6.04. The van der Waals surface area contributed by atoms with Crippen molar-refractivity contribution in [3.05, 3.63) is 78.5 Å². The third-order valence-electron chi connectivity index (χ3n) is 4.84. The van der Waals surface area contributed by atoms with E-state index in [4.69, 9.17) is 4.74 Å². The zero-order chi connectivity index (χ0) is 19.2. The van der Waals surface area contributed by atoms with Crippen LogP contribution in [0.3, 0.4) is 0 Å². The molecule has 0 aliphatic heterocycles. The van der Waals surface area contributed by atoms with Gasteiger partial charge in [0.1, 0.15) is 11.6 Å². The maximum Gasteiger partial charge on any atom is 0.257 e. The van der Waals surface area contributed by atoms with E-state index in [1.807, 2.05) is 60.7 Å². The van der Waals surface area contributed by atoms with Crippen molar-refractivity contribution in [1.82, 2.24) is 4.98 Å². The van der Waals surface area contributed by atoms with Crippen LogP contribution >= 0.6 is 0 Å². The van der Waals surface area contributed by atoms with Crippen LogP contribution in [0.1, 0.15) is 36.0 Å². The lowest BCUT2D eigenvalue weighted by Gasteiger charge is -2.14. The molecule has 1 fully saturated rings. The maximum atomic E-state index is 12.6. The molecule has 0 atom stereocenters. The molecular formula is C23H23N3O2. The number of nitrogens with zero attached hydrogens (tertiary/aromatic N) is 1. The van der Waals surface area contributed by atoms with E-state index < -0.39 is 0 Å². The van der Waals surface area contributed by atoms with E-state index in [0.717, 1.165) is 5.82 Å². The van der Waals surface area contributed by atoms with Crippen molar-refractivity contribution in [3.8, 4) is 11.5 Å². The summed E-state index contributed by atoms with van der Waals surface area (Å²) >= 11 is 0. The molecule has 142 valence electrons. The minimum atomic E-state index is -0.218. The van der Waals surface area contributed by atoms with E-state index in [2.05, 4.69) is 15.6 Å². The summed E-state index contributed by atoms with van der Waals surface area (Å²) in [6.45, 7) is 0. The number of hydrogen-bond donors (Lipinski definition) is 2. The molecule has 28 heavy (non-hydrogen) atoms. The van der Waals surface area contributed by atoms with Gasteiger partial charge in [-0.15, -0.1) is 0 Å². The Morgan fingerprint density at radius 2 is 1.68 bits per heavy atom. The average molecular weight is 373 g/mol. The third-order valence-corrected chi connectivity index (χ3v) is 4.84. The van der Waals surface area contributed by atoms with Gasteiger partial charge in [0.15, 0.2) is 5.75 Å². The Morgan fingerprint density at radius 1 is 0.929 bits per heavy atom. The van der Waals surface area contributed by atoms with Gasteiger partial charge in [0.2, 0.25) is 0 Å². The fourth-order valence-corrected chi connectivity index (χ4v) is 3.36. The topological polar surface area (TPSA) is 63.2 Å². The van der Waals surface area contributed by atoms with Crippen LogP contribution < -0.4 is 15.4 Å². The number of hydrogen-bond acceptors (Lipinski definition) is 4. The highest BCUT2D eigenvalue weighted by Crippen LogP contribution is 2.29. The molecule has 4 rings (SSSR count). The molecule has 0 unspecified atom stereocenters. The van der Waals surface area contributed by atoms with Crippen molar-refractivity contribution in [2.75, 3.05) is 10.6 Å². The lowest BCUT2D eigenvalue weighted by Crippen LogP contribution is -2.16. The first-order chi connectivity index (χ1) is 13.8. The molecule has 0 bridgehead atoms. The zero-order valence-electron chi connectivity index (χ0n) is 15.6. The van der Waals surface area contributed by atoms with E-state index in [-0.39, 0.29) is 5.91 Å². The number of rotatable bonds is 6. The third kappa shape index (κ3) is 4.49. The van der Waals surface area contributed by atoms with Gasteiger partial charge in [0.25, 0.3) is 5.91 Å². The van der Waals surface area contributed by atoms with Crippen LogP contribution in [0.15, 0.2) is 72.9 Å². The molecule has 0 radical (unpaired) electrons. The second kappa shape index (κ2) is 8.57. The Kier molecular flexibility index (Phi) is 5.52. The minimum Gasteiger partial charge on any atom is -0.455 e. The van der Waals surface area contributed by atoms with Gasteiger partial charge in [0, 0.05) is 12.2 Å². The van der Waals surface area contributed by atoms with Crippen molar-refractivity contribution in [2.24, 2.45) is 0 Å². The van der Waals surface area contributed by atoms with E-state index >= 15 is 0 Å². The maximum absolute atomic E-state index is 12.6. The molecule has 0 spiro atoms. The van der Waals surface area contributed by atoms with Gasteiger partial charge in [-0.25, -0.2) is 4.98 Å². The first-order valence-electron chi connectivity index (χ1n) is 9.64. The van der Waals surface area contributed by atoms with Gasteiger partial charge in [-0.2, -0.15) is 0 Å². The largest absolute Gasteiger partial charge is 0.455 e. The molecule has 5 heteroatoms. The number of amides is 1. The first kappa shape index (κ1) is 18.0. The lowest BCUT2D eigenvalue weighted by atomic mass is 10.2. The summed E-state index contributed by atoms with van der Waals surface area (Å²) in [5.41, 5.74) is 1.12. The number of para-hydroxylation sites is 3. The standard InChI is InChI=1S/C23H23N3O2/c27-23(17-14-15-22(24-16-17)25-18-8-4-5-9-18)26-20-12-6-7-13-21(20)28-19-10-2-1-3-11-19/h1-3,6-7,10-16,18H,4-5,8-9H2,(H,24,25)(H,26,27). The molecule has 2 N–H and O–H groups in total. The fraction of sp³-hybridized carbons (Fsp3) is 0.217. The van der Waals surface area contributed by atoms with Crippen molar-refractivity contribution >= 4 is 17.4 Å². The van der Waals surface area contributed by atoms with Crippen molar-refractivity contribution in [1.29, 1.82) is 0 Å². The summed E-state index contributed by atoms with van der Waals surface area (Å²) in [6.07, 6.45) is 6.50. The second-order valence-corrected chi connectivity index (χ2v) is 6.92. The Hall–Kier alpha value is -3.34. The van der Waals surface area contributed by atoms with Crippen molar-refractivity contribution in [2.45, 2.75) is 31.7 Å². The van der Waals surface area contributed by atoms with Crippen molar-refractivity contribution < 1.29 is 9.53 Å². The van der Waals surface area contributed by atoms with E-state index in [9.17, 15) is 4.79 Å². The number of anilines is 2. The van der Waals surface area contributed by atoms with Crippen LogP contribution in [0.2, 0.25) is 0 Å². The summed E-state index contributed by atoms with van der Waals surface area (Å²) < 4.78 is 5.90. The molecular weight excluding hydrogens is 350 g/mol. The van der Waals surface area contributed by atoms with Gasteiger partial charge < -0.3 is 15.4 Å². The molecule has 5 nitrogen and oxygen atoms in total. The normalized spacial score (nSPS) is 13.9. The quantitative estimate of drug-likeness (QED) is 0.600. The summed E-state index contributed by atoms with van der Waals surface area (Å²) in [4.78, 5) is 17.0. The number of nitrogens with one attached hydrogen (secondary N) is 2. The Morgan fingerprint density at radius 3 is 2.43 bits per heavy atom. The van der Waals surface area contributed by atoms with E-state index in [0.29, 0.717) is 28.8 Å². The second-order valence-electron chi connectivity index (χ2n) is 6.92. The molecule has 1 aliphatic carbocycles. The molecule has 1 heterocycles. The number of pyridine rings is 1. The van der Waals surface area contributed by atoms with Crippen LogP contribution in [0, 0.1) is 0 Å². The Bertz CT molecular complexity index is 920. The van der Waals surface area contributed by atoms with Crippen LogP contribution in [-0.4, -0.2) is 16.9 Å². The molecule has 1 saturated carbocycles. The monoisotopic (exact) mass is 373 g/mol. The summed E-state index contributed by atoms with van der Waals surface area (Å²) in [5.74, 6) is 1.91. The summed E-state index contributed by atoms with van der Waals surface area (Å²) in [7, 11) is 0. The highest BCUT2D eigenvalue weighted by Gasteiger charge is 2.15. The lowest BCUT2D eigenvalue weighted by molar-refractivity contribution is 0.102. The molecule has 1 aliphatic rings. The summed E-state index contributed by atoms with van der Waals surface area (Å²) in [6, 6.07) is 21.0. The predicted molar refractivity (Wildman–Crippen MR) is 111 cm³/mol. The smallest absolute Gasteiger partial charge is 0.257 e. The average Bonchev–Trinajstić information content (AvgIpc) is 3.24. The number of carbonyl (C=O) groups excluding carboxylic acids is 1. The predicted octanol–water partition coefficient (Wildman–Crippen LogP) is 5.48. The Balaban J connectivity index is 1.43.